The molecular formula is C12H24N2O. The van der Waals surface area contributed by atoms with Gasteiger partial charge in [-0.05, 0) is 40.2 Å². The van der Waals surface area contributed by atoms with Crippen molar-refractivity contribution in [1.82, 2.24) is 9.80 Å². The molecule has 0 bridgehead atoms. The van der Waals surface area contributed by atoms with Gasteiger partial charge in [-0.3, -0.25) is 9.80 Å². The van der Waals surface area contributed by atoms with Crippen LogP contribution in [0.5, 0.6) is 0 Å². The van der Waals surface area contributed by atoms with Gasteiger partial charge in [-0.25, -0.2) is 0 Å². The van der Waals surface area contributed by atoms with Gasteiger partial charge < -0.3 is 5.11 Å². The van der Waals surface area contributed by atoms with Crippen LogP contribution in [-0.2, 0) is 0 Å². The minimum Gasteiger partial charge on any atom is -0.395 e. The van der Waals surface area contributed by atoms with Crippen LogP contribution in [0.2, 0.25) is 0 Å². The maximum Gasteiger partial charge on any atom is 0.0599 e. The molecule has 3 heteroatoms. The molecule has 1 saturated heterocycles. The molecule has 1 heterocycles. The summed E-state index contributed by atoms with van der Waals surface area (Å²) >= 11 is 0. The van der Waals surface area contributed by atoms with Gasteiger partial charge in [-0.2, -0.15) is 0 Å². The zero-order valence-corrected chi connectivity index (χ0v) is 10.2. The smallest absolute Gasteiger partial charge is 0.0599 e. The van der Waals surface area contributed by atoms with Crippen molar-refractivity contribution in [1.29, 1.82) is 0 Å². The molecule has 1 aliphatic heterocycles. The SMILES string of the molecule is CN1CCC(C)(C)N(C2CC2)CC1CO. The highest BCUT2D eigenvalue weighted by Crippen LogP contribution is 2.36. The Bertz CT molecular complexity index is 226. The van der Waals surface area contributed by atoms with Crippen molar-refractivity contribution in [2.24, 2.45) is 0 Å². The van der Waals surface area contributed by atoms with E-state index in [4.69, 9.17) is 0 Å². The lowest BCUT2D eigenvalue weighted by atomic mass is 9.98. The highest BCUT2D eigenvalue weighted by atomic mass is 16.3. The Balaban J connectivity index is 2.11. The predicted octanol–water partition coefficient (Wildman–Crippen LogP) is 0.926. The van der Waals surface area contributed by atoms with Crippen LogP contribution in [0, 0.1) is 0 Å². The number of hydrogen-bond donors (Lipinski definition) is 1. The summed E-state index contributed by atoms with van der Waals surface area (Å²) in [7, 11) is 2.13. The summed E-state index contributed by atoms with van der Waals surface area (Å²) in [6.07, 6.45) is 3.91. The molecule has 1 aliphatic carbocycles. The first-order chi connectivity index (χ1) is 7.04. The van der Waals surface area contributed by atoms with Crippen LogP contribution in [-0.4, -0.2) is 59.3 Å². The molecule has 0 amide bonds. The molecule has 2 aliphatic rings. The minimum absolute atomic E-state index is 0.288. The van der Waals surface area contributed by atoms with E-state index < -0.39 is 0 Å². The molecule has 1 unspecified atom stereocenters. The van der Waals surface area contributed by atoms with Crippen LogP contribution in [0.15, 0.2) is 0 Å². The first-order valence-corrected chi connectivity index (χ1v) is 6.12. The molecule has 0 aromatic carbocycles. The molecule has 15 heavy (non-hydrogen) atoms. The monoisotopic (exact) mass is 212 g/mol. The topological polar surface area (TPSA) is 26.7 Å². The van der Waals surface area contributed by atoms with E-state index in [9.17, 15) is 5.11 Å². The highest BCUT2D eigenvalue weighted by molar-refractivity contribution is 4.97. The van der Waals surface area contributed by atoms with Crippen LogP contribution in [0.3, 0.4) is 0 Å². The van der Waals surface area contributed by atoms with Crippen molar-refractivity contribution in [3.63, 3.8) is 0 Å². The lowest BCUT2D eigenvalue weighted by Crippen LogP contribution is -2.48. The van der Waals surface area contributed by atoms with Crippen molar-refractivity contribution >= 4 is 0 Å². The van der Waals surface area contributed by atoms with Gasteiger partial charge in [0.2, 0.25) is 0 Å². The Kier molecular flexibility index (Phi) is 3.06. The van der Waals surface area contributed by atoms with E-state index in [1.54, 1.807) is 0 Å². The van der Waals surface area contributed by atoms with E-state index >= 15 is 0 Å². The molecule has 1 N–H and O–H groups in total. The maximum atomic E-state index is 9.41. The van der Waals surface area contributed by atoms with Gasteiger partial charge in [-0.1, -0.05) is 0 Å². The average molecular weight is 212 g/mol. The Morgan fingerprint density at radius 3 is 2.53 bits per heavy atom. The number of hydrogen-bond acceptors (Lipinski definition) is 3. The van der Waals surface area contributed by atoms with E-state index in [0.29, 0.717) is 11.6 Å². The molecule has 2 fully saturated rings. The summed E-state index contributed by atoms with van der Waals surface area (Å²) in [5.41, 5.74) is 0.305. The van der Waals surface area contributed by atoms with E-state index in [1.165, 1.54) is 19.3 Å². The molecule has 3 nitrogen and oxygen atoms in total. The fraction of sp³-hybridized carbons (Fsp3) is 1.00. The standard InChI is InChI=1S/C12H24N2O/c1-12(2)6-7-13(3)11(9-15)8-14(12)10-4-5-10/h10-11,15H,4-9H2,1-3H3. The zero-order chi connectivity index (χ0) is 11.1. The summed E-state index contributed by atoms with van der Waals surface area (Å²) in [6.45, 7) is 7.11. The van der Waals surface area contributed by atoms with Gasteiger partial charge in [0.25, 0.3) is 0 Å². The summed E-state index contributed by atoms with van der Waals surface area (Å²) in [4.78, 5) is 4.93. The van der Waals surface area contributed by atoms with Crippen molar-refractivity contribution < 1.29 is 5.11 Å². The predicted molar refractivity (Wildman–Crippen MR) is 61.9 cm³/mol. The summed E-state index contributed by atoms with van der Waals surface area (Å²) in [6, 6.07) is 1.12. The van der Waals surface area contributed by atoms with E-state index in [1.807, 2.05) is 0 Å². The van der Waals surface area contributed by atoms with Crippen molar-refractivity contribution in [3.05, 3.63) is 0 Å². The van der Waals surface area contributed by atoms with Crippen molar-refractivity contribution in [2.45, 2.75) is 50.7 Å². The van der Waals surface area contributed by atoms with Gasteiger partial charge in [-0.15, -0.1) is 0 Å². The van der Waals surface area contributed by atoms with E-state index in [0.717, 1.165) is 19.1 Å². The summed E-state index contributed by atoms with van der Waals surface area (Å²) in [5, 5.41) is 9.41. The molecular weight excluding hydrogens is 188 g/mol. The number of aliphatic hydroxyl groups excluding tert-OH is 1. The summed E-state index contributed by atoms with van der Waals surface area (Å²) < 4.78 is 0. The molecule has 2 rings (SSSR count). The number of rotatable bonds is 2. The normalized spacial score (nSPS) is 34.0. The molecule has 0 radical (unpaired) electrons. The Labute approximate surface area is 93.1 Å². The Hall–Kier alpha value is -0.120. The third-order valence-corrected chi connectivity index (χ3v) is 4.08. The third-order valence-electron chi connectivity index (χ3n) is 4.08. The van der Waals surface area contributed by atoms with Gasteiger partial charge >= 0.3 is 0 Å². The zero-order valence-electron chi connectivity index (χ0n) is 10.2. The van der Waals surface area contributed by atoms with Crippen LogP contribution in [0.25, 0.3) is 0 Å². The number of nitrogens with zero attached hydrogens (tertiary/aromatic N) is 2. The molecule has 0 aromatic heterocycles. The Morgan fingerprint density at radius 2 is 2.00 bits per heavy atom. The quantitative estimate of drug-likeness (QED) is 0.737. The fourth-order valence-corrected chi connectivity index (χ4v) is 2.62. The van der Waals surface area contributed by atoms with Gasteiger partial charge in [0.15, 0.2) is 0 Å². The fourth-order valence-electron chi connectivity index (χ4n) is 2.62. The van der Waals surface area contributed by atoms with Crippen molar-refractivity contribution in [3.8, 4) is 0 Å². The molecule has 0 spiro atoms. The lowest BCUT2D eigenvalue weighted by Gasteiger charge is -2.38. The third kappa shape index (κ3) is 2.35. The lowest BCUT2D eigenvalue weighted by molar-refractivity contribution is 0.0863. The molecule has 88 valence electrons. The van der Waals surface area contributed by atoms with Gasteiger partial charge in [0.1, 0.15) is 0 Å². The van der Waals surface area contributed by atoms with E-state index in [-0.39, 0.29) is 6.61 Å². The van der Waals surface area contributed by atoms with Crippen molar-refractivity contribution in [2.75, 3.05) is 26.7 Å². The average Bonchev–Trinajstić information content (AvgIpc) is 2.98. The first kappa shape index (κ1) is 11.4. The van der Waals surface area contributed by atoms with Crippen LogP contribution >= 0.6 is 0 Å². The van der Waals surface area contributed by atoms with Crippen LogP contribution in [0.4, 0.5) is 0 Å². The van der Waals surface area contributed by atoms with E-state index in [2.05, 4.69) is 30.7 Å². The molecule has 0 aromatic rings. The minimum atomic E-state index is 0.288. The number of likely N-dealkylation sites (N-methyl/N-ethyl adjacent to an activating group) is 1. The molecule has 1 saturated carbocycles. The summed E-state index contributed by atoms with van der Waals surface area (Å²) in [5.74, 6) is 0. The molecule has 1 atom stereocenters. The highest BCUT2D eigenvalue weighted by Gasteiger charge is 2.41. The van der Waals surface area contributed by atoms with Gasteiger partial charge in [0.05, 0.1) is 6.61 Å². The number of aliphatic hydroxyl groups is 1. The second-order valence-electron chi connectivity index (χ2n) is 5.76. The second-order valence-corrected chi connectivity index (χ2v) is 5.76. The first-order valence-electron chi connectivity index (χ1n) is 6.12. The Morgan fingerprint density at radius 1 is 1.33 bits per heavy atom. The second kappa shape index (κ2) is 4.04. The van der Waals surface area contributed by atoms with Crippen LogP contribution in [0.1, 0.15) is 33.1 Å². The van der Waals surface area contributed by atoms with Gasteiger partial charge in [0, 0.05) is 30.7 Å². The largest absolute Gasteiger partial charge is 0.395 e. The maximum absolute atomic E-state index is 9.41. The van der Waals surface area contributed by atoms with Crippen LogP contribution < -0.4 is 0 Å².